The molecule has 0 spiro atoms. The Morgan fingerprint density at radius 3 is 2.89 bits per heavy atom. The summed E-state index contributed by atoms with van der Waals surface area (Å²) in [5, 5.41) is 11.6. The topological polar surface area (TPSA) is 84.2 Å². The normalized spacial score (nSPS) is 12.1. The largest absolute Gasteiger partial charge is 0.481 e. The molecule has 6 nitrogen and oxygen atoms in total. The van der Waals surface area contributed by atoms with E-state index in [1.807, 2.05) is 13.8 Å². The van der Waals surface area contributed by atoms with Gasteiger partial charge in [-0.25, -0.2) is 4.98 Å². The third kappa shape index (κ3) is 5.11. The molecule has 0 radical (unpaired) electrons. The van der Waals surface area contributed by atoms with Crippen molar-refractivity contribution in [3.05, 3.63) is 22.7 Å². The van der Waals surface area contributed by atoms with Crippen LogP contribution in [0.1, 0.15) is 33.1 Å². The third-order valence-corrected chi connectivity index (χ3v) is 3.03. The number of hydrogen-bond acceptors (Lipinski definition) is 4. The fourth-order valence-electron chi connectivity index (χ4n) is 1.77. The minimum Gasteiger partial charge on any atom is -0.481 e. The van der Waals surface area contributed by atoms with Gasteiger partial charge < -0.3 is 15.0 Å². The lowest BCUT2D eigenvalue weighted by atomic mass is 10.0. The van der Waals surface area contributed by atoms with Crippen molar-refractivity contribution in [1.29, 1.82) is 0 Å². The van der Waals surface area contributed by atoms with Gasteiger partial charge in [0.05, 0.1) is 0 Å². The Labute approximate surface area is 112 Å². The molecule has 0 aliphatic rings. The molecule has 1 heterocycles. The van der Waals surface area contributed by atoms with Crippen molar-refractivity contribution in [3.8, 4) is 0 Å². The van der Waals surface area contributed by atoms with Gasteiger partial charge in [0.25, 0.3) is 5.56 Å². The van der Waals surface area contributed by atoms with E-state index in [1.54, 1.807) is 17.0 Å². The molecular formula is C13H21N3O3. The number of nitrogens with zero attached hydrogens (tertiary/aromatic N) is 2. The Bertz CT molecular complexity index is 470. The van der Waals surface area contributed by atoms with Crippen LogP contribution in [0.15, 0.2) is 17.2 Å². The highest BCUT2D eigenvalue weighted by Gasteiger charge is 2.07. The number of hydrogen-bond donors (Lipinski definition) is 2. The second-order valence-electron chi connectivity index (χ2n) is 4.62. The Morgan fingerprint density at radius 2 is 2.26 bits per heavy atom. The summed E-state index contributed by atoms with van der Waals surface area (Å²) in [6.45, 7) is 5.15. The maximum absolute atomic E-state index is 11.9. The summed E-state index contributed by atoms with van der Waals surface area (Å²) in [5.74, 6) is -0.106. The summed E-state index contributed by atoms with van der Waals surface area (Å²) in [4.78, 5) is 26.3. The maximum atomic E-state index is 11.9. The minimum absolute atomic E-state index is 0.122. The van der Waals surface area contributed by atoms with Crippen LogP contribution in [0.3, 0.4) is 0 Å². The zero-order chi connectivity index (χ0) is 14.3. The highest BCUT2D eigenvalue weighted by molar-refractivity contribution is 5.66. The molecule has 1 aromatic heterocycles. The van der Waals surface area contributed by atoms with Crippen LogP contribution in [0.25, 0.3) is 0 Å². The molecule has 1 unspecified atom stereocenters. The first-order chi connectivity index (χ1) is 9.04. The molecule has 0 saturated heterocycles. The first kappa shape index (κ1) is 15.2. The van der Waals surface area contributed by atoms with E-state index >= 15 is 0 Å². The van der Waals surface area contributed by atoms with Crippen LogP contribution in [0, 0.1) is 5.92 Å². The van der Waals surface area contributed by atoms with E-state index in [1.165, 1.54) is 0 Å². The molecule has 1 rings (SSSR count). The smallest absolute Gasteiger partial charge is 0.303 e. The van der Waals surface area contributed by atoms with Gasteiger partial charge in [-0.05, 0) is 25.7 Å². The molecule has 0 saturated carbocycles. The van der Waals surface area contributed by atoms with Crippen LogP contribution in [0.4, 0.5) is 5.82 Å². The molecule has 0 bridgehead atoms. The first-order valence-corrected chi connectivity index (χ1v) is 6.55. The number of rotatable bonds is 8. The number of carboxylic acids is 1. The second-order valence-corrected chi connectivity index (χ2v) is 4.62. The van der Waals surface area contributed by atoms with Crippen molar-refractivity contribution < 1.29 is 9.90 Å². The molecule has 0 aromatic carbocycles. The SMILES string of the molecule is CCn1ccnc(NCCC(C)CCC(=O)O)c1=O. The monoisotopic (exact) mass is 267 g/mol. The molecule has 19 heavy (non-hydrogen) atoms. The van der Waals surface area contributed by atoms with Gasteiger partial charge >= 0.3 is 5.97 Å². The van der Waals surface area contributed by atoms with Crippen molar-refractivity contribution in [2.45, 2.75) is 39.7 Å². The lowest BCUT2D eigenvalue weighted by Gasteiger charge is -2.11. The fourth-order valence-corrected chi connectivity index (χ4v) is 1.77. The summed E-state index contributed by atoms with van der Waals surface area (Å²) in [6, 6.07) is 0. The lowest BCUT2D eigenvalue weighted by Crippen LogP contribution is -2.24. The standard InChI is InChI=1S/C13H21N3O3/c1-3-16-9-8-15-12(13(16)19)14-7-6-10(2)4-5-11(17)18/h8-10H,3-7H2,1-2H3,(H,14,15)(H,17,18). The highest BCUT2D eigenvalue weighted by atomic mass is 16.4. The predicted molar refractivity (Wildman–Crippen MR) is 73.3 cm³/mol. The highest BCUT2D eigenvalue weighted by Crippen LogP contribution is 2.10. The quantitative estimate of drug-likeness (QED) is 0.746. The van der Waals surface area contributed by atoms with Gasteiger partial charge in [0.1, 0.15) is 0 Å². The molecule has 6 heteroatoms. The number of aliphatic carboxylic acids is 1. The number of nitrogens with one attached hydrogen (secondary N) is 1. The van der Waals surface area contributed by atoms with Gasteiger partial charge in [-0.3, -0.25) is 9.59 Å². The zero-order valence-electron chi connectivity index (χ0n) is 11.4. The molecule has 0 fully saturated rings. The second kappa shape index (κ2) is 7.56. The molecule has 0 aliphatic heterocycles. The number of carboxylic acid groups (broad SMARTS) is 1. The molecule has 0 amide bonds. The van der Waals surface area contributed by atoms with E-state index in [0.717, 1.165) is 6.42 Å². The predicted octanol–water partition coefficient (Wildman–Crippen LogP) is 1.57. The Kier molecular flexibility index (Phi) is 6.05. The third-order valence-electron chi connectivity index (χ3n) is 3.03. The molecular weight excluding hydrogens is 246 g/mol. The number of aryl methyl sites for hydroxylation is 1. The van der Waals surface area contributed by atoms with E-state index in [4.69, 9.17) is 5.11 Å². The Balaban J connectivity index is 2.41. The van der Waals surface area contributed by atoms with Crippen LogP contribution in [0.5, 0.6) is 0 Å². The average molecular weight is 267 g/mol. The van der Waals surface area contributed by atoms with E-state index < -0.39 is 5.97 Å². The van der Waals surface area contributed by atoms with Gasteiger partial charge in [-0.1, -0.05) is 6.92 Å². The van der Waals surface area contributed by atoms with Gasteiger partial charge in [0.2, 0.25) is 0 Å². The maximum Gasteiger partial charge on any atom is 0.303 e. The van der Waals surface area contributed by atoms with Gasteiger partial charge in [-0.2, -0.15) is 0 Å². The van der Waals surface area contributed by atoms with Crippen LogP contribution in [-0.2, 0) is 11.3 Å². The molecule has 1 aromatic rings. The van der Waals surface area contributed by atoms with Crippen molar-refractivity contribution in [1.82, 2.24) is 9.55 Å². The van der Waals surface area contributed by atoms with E-state index in [9.17, 15) is 9.59 Å². The van der Waals surface area contributed by atoms with E-state index in [0.29, 0.717) is 31.2 Å². The number of anilines is 1. The Hall–Kier alpha value is -1.85. The minimum atomic E-state index is -0.768. The fraction of sp³-hybridized carbons (Fsp3) is 0.615. The number of aromatic nitrogens is 2. The summed E-state index contributed by atoms with van der Waals surface area (Å²) < 4.78 is 1.59. The van der Waals surface area contributed by atoms with Crippen molar-refractivity contribution >= 4 is 11.8 Å². The number of carbonyl (C=O) groups is 1. The Morgan fingerprint density at radius 1 is 1.53 bits per heavy atom. The molecule has 2 N–H and O–H groups in total. The molecule has 1 atom stereocenters. The van der Waals surface area contributed by atoms with Crippen LogP contribution in [0.2, 0.25) is 0 Å². The van der Waals surface area contributed by atoms with Gasteiger partial charge in [0.15, 0.2) is 5.82 Å². The van der Waals surface area contributed by atoms with E-state index in [2.05, 4.69) is 10.3 Å². The first-order valence-electron chi connectivity index (χ1n) is 6.55. The van der Waals surface area contributed by atoms with Crippen molar-refractivity contribution in [2.24, 2.45) is 5.92 Å². The van der Waals surface area contributed by atoms with Crippen molar-refractivity contribution in [2.75, 3.05) is 11.9 Å². The lowest BCUT2D eigenvalue weighted by molar-refractivity contribution is -0.137. The van der Waals surface area contributed by atoms with Crippen molar-refractivity contribution in [3.63, 3.8) is 0 Å². The van der Waals surface area contributed by atoms with Crippen LogP contribution >= 0.6 is 0 Å². The average Bonchev–Trinajstić information content (AvgIpc) is 2.38. The molecule has 106 valence electrons. The van der Waals surface area contributed by atoms with Gasteiger partial charge in [-0.15, -0.1) is 0 Å². The van der Waals surface area contributed by atoms with E-state index in [-0.39, 0.29) is 12.0 Å². The van der Waals surface area contributed by atoms with Crippen LogP contribution < -0.4 is 10.9 Å². The summed E-state index contributed by atoms with van der Waals surface area (Å²) in [7, 11) is 0. The zero-order valence-corrected chi connectivity index (χ0v) is 11.4. The van der Waals surface area contributed by atoms with Crippen LogP contribution in [-0.4, -0.2) is 27.2 Å². The summed E-state index contributed by atoms with van der Waals surface area (Å²) in [6.07, 6.45) is 4.91. The molecule has 0 aliphatic carbocycles. The summed E-state index contributed by atoms with van der Waals surface area (Å²) >= 11 is 0. The van der Waals surface area contributed by atoms with Gasteiger partial charge in [0, 0.05) is 31.9 Å². The summed E-state index contributed by atoms with van der Waals surface area (Å²) in [5.41, 5.74) is -0.122.